The number of nitrogens with two attached hydrogens (primary N) is 1. The van der Waals surface area contributed by atoms with E-state index in [9.17, 15) is 0 Å². The molecule has 15 heavy (non-hydrogen) atoms. The maximum absolute atomic E-state index is 5.58. The normalized spacial score (nSPS) is 21.1. The summed E-state index contributed by atoms with van der Waals surface area (Å²) in [5.74, 6) is 0. The Labute approximate surface area is 98.0 Å². The van der Waals surface area contributed by atoms with E-state index in [1.807, 2.05) is 0 Å². The monoisotopic (exact) mass is 230 g/mol. The van der Waals surface area contributed by atoms with Crippen LogP contribution in [0.15, 0.2) is 0 Å². The lowest BCUT2D eigenvalue weighted by molar-refractivity contribution is 0.0995. The molecule has 0 spiro atoms. The molecule has 1 fully saturated rings. The minimum atomic E-state index is 0.508. The molecule has 0 aromatic carbocycles. The molecule has 1 aliphatic heterocycles. The topological polar surface area (TPSA) is 38.5 Å². The minimum Gasteiger partial charge on any atom is -0.392 e. The van der Waals surface area contributed by atoms with Crippen LogP contribution in [0.5, 0.6) is 0 Å². The molecule has 0 aliphatic carbocycles. The fourth-order valence-corrected chi connectivity index (χ4v) is 2.17. The number of hydrogen-bond acceptors (Lipinski definition) is 3. The van der Waals surface area contributed by atoms with Gasteiger partial charge >= 0.3 is 0 Å². The Morgan fingerprint density at radius 1 is 1.60 bits per heavy atom. The van der Waals surface area contributed by atoms with E-state index in [2.05, 4.69) is 11.8 Å². The fourth-order valence-electron chi connectivity index (χ4n) is 1.98. The maximum Gasteiger partial charge on any atom is 0.0870 e. The average molecular weight is 230 g/mol. The van der Waals surface area contributed by atoms with Gasteiger partial charge in [-0.3, -0.25) is 4.90 Å². The van der Waals surface area contributed by atoms with Gasteiger partial charge in [0.25, 0.3) is 0 Å². The van der Waals surface area contributed by atoms with E-state index < -0.39 is 0 Å². The zero-order chi connectivity index (χ0) is 11.1. The molecule has 0 radical (unpaired) electrons. The lowest BCUT2D eigenvalue weighted by atomic mass is 10.1. The van der Waals surface area contributed by atoms with Crippen molar-refractivity contribution in [1.29, 1.82) is 0 Å². The maximum atomic E-state index is 5.58. The van der Waals surface area contributed by atoms with Crippen LogP contribution in [0.4, 0.5) is 0 Å². The zero-order valence-corrected chi connectivity index (χ0v) is 10.4. The molecule has 1 atom stereocenters. The van der Waals surface area contributed by atoms with Crippen LogP contribution >= 0.6 is 12.2 Å². The summed E-state index contributed by atoms with van der Waals surface area (Å²) in [6.07, 6.45) is 5.33. The summed E-state index contributed by atoms with van der Waals surface area (Å²) >= 11 is 4.91. The molecule has 1 rings (SSSR count). The molecule has 1 unspecified atom stereocenters. The first-order valence-corrected chi connectivity index (χ1v) is 6.25. The molecule has 0 bridgehead atoms. The van der Waals surface area contributed by atoms with Gasteiger partial charge in [0.1, 0.15) is 0 Å². The van der Waals surface area contributed by atoms with Crippen LogP contribution in [0.1, 0.15) is 32.6 Å². The summed E-state index contributed by atoms with van der Waals surface area (Å²) in [4.78, 5) is 2.88. The van der Waals surface area contributed by atoms with Crippen LogP contribution in [0.2, 0.25) is 0 Å². The van der Waals surface area contributed by atoms with Gasteiger partial charge in [0, 0.05) is 13.2 Å². The largest absolute Gasteiger partial charge is 0.392 e. The number of rotatable bonds is 7. The van der Waals surface area contributed by atoms with Crippen molar-refractivity contribution >= 4 is 17.2 Å². The van der Waals surface area contributed by atoms with E-state index in [0.29, 0.717) is 11.1 Å². The summed E-state index contributed by atoms with van der Waals surface area (Å²) in [6, 6.07) is 0. The van der Waals surface area contributed by atoms with E-state index >= 15 is 0 Å². The molecule has 2 N–H and O–H groups in total. The summed E-state index contributed by atoms with van der Waals surface area (Å²) < 4.78 is 5.58. The van der Waals surface area contributed by atoms with Crippen molar-refractivity contribution in [3.63, 3.8) is 0 Å². The SMILES string of the molecule is CCN(CCCC1CCCO1)CC(N)=S. The number of nitrogens with zero attached hydrogens (tertiary/aromatic N) is 1. The van der Waals surface area contributed by atoms with Crippen LogP contribution in [-0.4, -0.2) is 42.2 Å². The second-order valence-electron chi connectivity index (χ2n) is 4.11. The molecule has 0 aromatic rings. The molecule has 0 aromatic heterocycles. The van der Waals surface area contributed by atoms with Crippen LogP contribution in [-0.2, 0) is 4.74 Å². The van der Waals surface area contributed by atoms with Crippen LogP contribution in [0.25, 0.3) is 0 Å². The summed E-state index contributed by atoms with van der Waals surface area (Å²) in [5.41, 5.74) is 5.53. The van der Waals surface area contributed by atoms with E-state index in [1.54, 1.807) is 0 Å². The highest BCUT2D eigenvalue weighted by Gasteiger charge is 2.15. The van der Waals surface area contributed by atoms with Crippen molar-refractivity contribution in [3.05, 3.63) is 0 Å². The van der Waals surface area contributed by atoms with Gasteiger partial charge in [-0.25, -0.2) is 0 Å². The Hall–Kier alpha value is -0.190. The smallest absolute Gasteiger partial charge is 0.0870 e. The van der Waals surface area contributed by atoms with Gasteiger partial charge in [0.05, 0.1) is 11.1 Å². The molecule has 1 saturated heterocycles. The molecular weight excluding hydrogens is 208 g/mol. The summed E-state index contributed by atoms with van der Waals surface area (Å²) in [6.45, 7) is 5.94. The lowest BCUT2D eigenvalue weighted by Crippen LogP contribution is -2.33. The molecule has 3 nitrogen and oxygen atoms in total. The molecule has 88 valence electrons. The van der Waals surface area contributed by atoms with E-state index in [-0.39, 0.29) is 0 Å². The van der Waals surface area contributed by atoms with Gasteiger partial charge in [0.15, 0.2) is 0 Å². The molecule has 1 aliphatic rings. The van der Waals surface area contributed by atoms with Gasteiger partial charge in [-0.15, -0.1) is 0 Å². The third kappa shape index (κ3) is 5.44. The van der Waals surface area contributed by atoms with Crippen molar-refractivity contribution in [2.45, 2.75) is 38.7 Å². The zero-order valence-electron chi connectivity index (χ0n) is 9.58. The van der Waals surface area contributed by atoms with Crippen molar-refractivity contribution in [2.24, 2.45) is 5.73 Å². The standard InChI is InChI=1S/C11H22N2OS/c1-2-13(9-11(12)15)7-3-5-10-6-4-8-14-10/h10H,2-9H2,1H3,(H2,12,15). The first kappa shape index (κ1) is 12.9. The number of hydrogen-bond donors (Lipinski definition) is 1. The van der Waals surface area contributed by atoms with E-state index in [0.717, 1.165) is 26.2 Å². The molecular formula is C11H22N2OS. The summed E-state index contributed by atoms with van der Waals surface area (Å²) in [5, 5.41) is 0. The number of thiocarbonyl (C=S) groups is 1. The van der Waals surface area contributed by atoms with Gasteiger partial charge in [-0.1, -0.05) is 19.1 Å². The predicted molar refractivity (Wildman–Crippen MR) is 67.1 cm³/mol. The molecule has 0 saturated carbocycles. The fraction of sp³-hybridized carbons (Fsp3) is 0.909. The minimum absolute atomic E-state index is 0.508. The highest BCUT2D eigenvalue weighted by molar-refractivity contribution is 7.80. The Morgan fingerprint density at radius 2 is 2.40 bits per heavy atom. The van der Waals surface area contributed by atoms with Crippen molar-refractivity contribution in [3.8, 4) is 0 Å². The first-order valence-electron chi connectivity index (χ1n) is 5.84. The van der Waals surface area contributed by atoms with E-state index in [4.69, 9.17) is 22.7 Å². The highest BCUT2D eigenvalue weighted by atomic mass is 32.1. The van der Waals surface area contributed by atoms with E-state index in [1.165, 1.54) is 25.7 Å². The predicted octanol–water partition coefficient (Wildman–Crippen LogP) is 1.55. The average Bonchev–Trinajstić information content (AvgIpc) is 2.68. The number of ether oxygens (including phenoxy) is 1. The van der Waals surface area contributed by atoms with Crippen molar-refractivity contribution < 1.29 is 4.74 Å². The second kappa shape index (κ2) is 7.14. The van der Waals surface area contributed by atoms with Crippen LogP contribution in [0.3, 0.4) is 0 Å². The summed E-state index contributed by atoms with van der Waals surface area (Å²) in [7, 11) is 0. The lowest BCUT2D eigenvalue weighted by Gasteiger charge is -2.20. The Kier molecular flexibility index (Phi) is 6.13. The second-order valence-corrected chi connectivity index (χ2v) is 4.64. The Bertz CT molecular complexity index is 193. The highest BCUT2D eigenvalue weighted by Crippen LogP contribution is 2.16. The Morgan fingerprint density at radius 3 is 2.93 bits per heavy atom. The third-order valence-electron chi connectivity index (χ3n) is 2.85. The van der Waals surface area contributed by atoms with Crippen LogP contribution in [0, 0.1) is 0 Å². The Balaban J connectivity index is 2.07. The molecule has 1 heterocycles. The molecule has 4 heteroatoms. The van der Waals surface area contributed by atoms with Gasteiger partial charge in [0.2, 0.25) is 0 Å². The first-order chi connectivity index (χ1) is 7.22. The van der Waals surface area contributed by atoms with Gasteiger partial charge in [-0.05, 0) is 38.8 Å². The third-order valence-corrected chi connectivity index (χ3v) is 2.98. The number of likely N-dealkylation sites (N-methyl/N-ethyl adjacent to an activating group) is 1. The van der Waals surface area contributed by atoms with Crippen molar-refractivity contribution in [1.82, 2.24) is 4.90 Å². The molecule has 0 amide bonds. The van der Waals surface area contributed by atoms with Gasteiger partial charge in [-0.2, -0.15) is 0 Å². The van der Waals surface area contributed by atoms with Crippen LogP contribution < -0.4 is 5.73 Å². The van der Waals surface area contributed by atoms with Crippen molar-refractivity contribution in [2.75, 3.05) is 26.2 Å². The quantitative estimate of drug-likeness (QED) is 0.674. The van der Waals surface area contributed by atoms with Gasteiger partial charge < -0.3 is 10.5 Å².